The van der Waals surface area contributed by atoms with Crippen LogP contribution in [0.5, 0.6) is 0 Å². The van der Waals surface area contributed by atoms with Crippen LogP contribution in [0.2, 0.25) is 0 Å². The third-order valence-corrected chi connectivity index (χ3v) is 6.05. The Bertz CT molecular complexity index is 1270. The third kappa shape index (κ3) is 5.58. The van der Waals surface area contributed by atoms with Gasteiger partial charge in [-0.2, -0.15) is 0 Å². The summed E-state index contributed by atoms with van der Waals surface area (Å²) in [6.45, 7) is 5.50. The number of amides is 1. The molecule has 1 aliphatic rings. The van der Waals surface area contributed by atoms with Crippen LogP contribution < -0.4 is 20.4 Å². The van der Waals surface area contributed by atoms with Gasteiger partial charge in [0.1, 0.15) is 0 Å². The molecule has 2 heterocycles. The first-order valence-electron chi connectivity index (χ1n) is 11.8. The number of anilines is 5. The molecule has 176 valence electrons. The van der Waals surface area contributed by atoms with Crippen LogP contribution in [0, 0.1) is 0 Å². The predicted octanol–water partition coefficient (Wildman–Crippen LogP) is 5.17. The molecule has 4 aromatic rings. The highest BCUT2D eigenvalue weighted by atomic mass is 16.1. The van der Waals surface area contributed by atoms with Crippen LogP contribution in [-0.4, -0.2) is 42.1 Å². The Morgan fingerprint density at radius 2 is 1.34 bits per heavy atom. The van der Waals surface area contributed by atoms with E-state index in [4.69, 9.17) is 0 Å². The topological polar surface area (TPSA) is 73.4 Å². The zero-order valence-corrected chi connectivity index (χ0v) is 19.7. The van der Waals surface area contributed by atoms with Crippen molar-refractivity contribution in [3.8, 4) is 11.3 Å². The predicted molar refractivity (Wildman–Crippen MR) is 142 cm³/mol. The summed E-state index contributed by atoms with van der Waals surface area (Å²) in [6, 6.07) is 28.5. The fourth-order valence-electron chi connectivity index (χ4n) is 4.25. The van der Waals surface area contributed by atoms with Crippen LogP contribution in [0.4, 0.5) is 28.7 Å². The van der Waals surface area contributed by atoms with Gasteiger partial charge in [-0.05, 0) is 54.6 Å². The summed E-state index contributed by atoms with van der Waals surface area (Å²) in [5, 5.41) is 6.08. The summed E-state index contributed by atoms with van der Waals surface area (Å²) in [5.74, 6) is 0.449. The average molecular weight is 465 g/mol. The van der Waals surface area contributed by atoms with Gasteiger partial charge in [-0.1, -0.05) is 30.3 Å². The number of benzene rings is 3. The maximum absolute atomic E-state index is 11.2. The van der Waals surface area contributed by atoms with Crippen molar-refractivity contribution in [1.82, 2.24) is 9.97 Å². The average Bonchev–Trinajstić information content (AvgIpc) is 2.90. The van der Waals surface area contributed by atoms with Gasteiger partial charge in [0.05, 0.1) is 5.69 Å². The van der Waals surface area contributed by atoms with Crippen LogP contribution in [0.15, 0.2) is 91.1 Å². The Morgan fingerprint density at radius 1 is 0.743 bits per heavy atom. The van der Waals surface area contributed by atoms with E-state index < -0.39 is 0 Å². The van der Waals surface area contributed by atoms with E-state index in [0.717, 1.165) is 48.8 Å². The zero-order valence-electron chi connectivity index (χ0n) is 19.7. The second kappa shape index (κ2) is 10.3. The van der Waals surface area contributed by atoms with Gasteiger partial charge in [0.25, 0.3) is 0 Å². The largest absolute Gasteiger partial charge is 0.368 e. The Labute approximate surface area is 205 Å². The van der Waals surface area contributed by atoms with Crippen LogP contribution in [0.3, 0.4) is 0 Å². The molecule has 0 radical (unpaired) electrons. The summed E-state index contributed by atoms with van der Waals surface area (Å²) in [6.07, 6.45) is 1.74. The number of nitrogens with one attached hydrogen (secondary N) is 2. The van der Waals surface area contributed by atoms with Crippen molar-refractivity contribution in [1.29, 1.82) is 0 Å². The lowest BCUT2D eigenvalue weighted by atomic mass is 10.1. The maximum Gasteiger partial charge on any atom is 0.227 e. The summed E-state index contributed by atoms with van der Waals surface area (Å²) in [5.41, 5.74) is 5.97. The lowest BCUT2D eigenvalue weighted by Gasteiger charge is -2.37. The van der Waals surface area contributed by atoms with Gasteiger partial charge in [-0.25, -0.2) is 9.97 Å². The molecule has 1 aromatic heterocycles. The molecule has 5 rings (SSSR count). The second-order valence-electron chi connectivity index (χ2n) is 8.51. The fraction of sp³-hybridized carbons (Fsp3) is 0.179. The molecule has 0 unspecified atom stereocenters. The monoisotopic (exact) mass is 464 g/mol. The van der Waals surface area contributed by atoms with E-state index in [-0.39, 0.29) is 5.91 Å². The van der Waals surface area contributed by atoms with Gasteiger partial charge in [0, 0.05) is 67.6 Å². The van der Waals surface area contributed by atoms with E-state index in [1.807, 2.05) is 30.3 Å². The smallest absolute Gasteiger partial charge is 0.227 e. The molecular formula is C28H28N6O. The minimum absolute atomic E-state index is 0.0910. The van der Waals surface area contributed by atoms with Crippen molar-refractivity contribution in [2.45, 2.75) is 6.92 Å². The van der Waals surface area contributed by atoms with Crippen molar-refractivity contribution >= 4 is 34.6 Å². The molecular weight excluding hydrogens is 436 g/mol. The number of hydrogen-bond donors (Lipinski definition) is 2. The Kier molecular flexibility index (Phi) is 6.57. The lowest BCUT2D eigenvalue weighted by molar-refractivity contribution is -0.114. The summed E-state index contributed by atoms with van der Waals surface area (Å²) < 4.78 is 0. The molecule has 0 saturated carbocycles. The molecule has 7 nitrogen and oxygen atoms in total. The Balaban J connectivity index is 1.20. The standard InChI is InChI=1S/C28H28N6O/c1-21(35)30-23-9-7-22(8-10-23)27-15-16-29-28(32-27)31-24-11-13-26(14-12-24)34-19-17-33(18-20-34)25-5-3-2-4-6-25/h2-16H,17-20H2,1H3,(H,30,35)(H,29,31,32). The molecule has 0 bridgehead atoms. The first kappa shape index (κ1) is 22.4. The normalized spacial score (nSPS) is 13.4. The maximum atomic E-state index is 11.2. The summed E-state index contributed by atoms with van der Waals surface area (Å²) in [7, 11) is 0. The zero-order chi connectivity index (χ0) is 24.0. The molecule has 2 N–H and O–H groups in total. The van der Waals surface area contributed by atoms with Gasteiger partial charge < -0.3 is 20.4 Å². The van der Waals surface area contributed by atoms with E-state index in [9.17, 15) is 4.79 Å². The molecule has 1 saturated heterocycles. The van der Waals surface area contributed by atoms with Crippen molar-refractivity contribution < 1.29 is 4.79 Å². The minimum Gasteiger partial charge on any atom is -0.368 e. The van der Waals surface area contributed by atoms with Crippen LogP contribution >= 0.6 is 0 Å². The molecule has 0 spiro atoms. The summed E-state index contributed by atoms with van der Waals surface area (Å²) >= 11 is 0. The van der Waals surface area contributed by atoms with Gasteiger partial charge in [0.2, 0.25) is 11.9 Å². The molecule has 35 heavy (non-hydrogen) atoms. The highest BCUT2D eigenvalue weighted by molar-refractivity contribution is 5.88. The molecule has 3 aromatic carbocycles. The first-order chi connectivity index (χ1) is 17.1. The number of para-hydroxylation sites is 1. The molecule has 7 heteroatoms. The Morgan fingerprint density at radius 3 is 1.97 bits per heavy atom. The minimum atomic E-state index is -0.0910. The molecule has 0 aliphatic carbocycles. The lowest BCUT2D eigenvalue weighted by Crippen LogP contribution is -2.46. The van der Waals surface area contributed by atoms with E-state index in [1.54, 1.807) is 6.20 Å². The van der Waals surface area contributed by atoms with Crippen LogP contribution in [0.25, 0.3) is 11.3 Å². The summed E-state index contributed by atoms with van der Waals surface area (Å²) in [4.78, 5) is 25.1. The van der Waals surface area contributed by atoms with Crippen molar-refractivity contribution in [3.05, 3.63) is 91.1 Å². The van der Waals surface area contributed by atoms with Crippen LogP contribution in [-0.2, 0) is 4.79 Å². The Hall–Kier alpha value is -4.39. The third-order valence-electron chi connectivity index (χ3n) is 6.05. The van der Waals surface area contributed by atoms with E-state index in [0.29, 0.717) is 5.95 Å². The van der Waals surface area contributed by atoms with Crippen LogP contribution in [0.1, 0.15) is 6.92 Å². The van der Waals surface area contributed by atoms with Crippen molar-refractivity contribution in [3.63, 3.8) is 0 Å². The molecule has 0 atom stereocenters. The number of aromatic nitrogens is 2. The van der Waals surface area contributed by atoms with Gasteiger partial charge in [-0.3, -0.25) is 4.79 Å². The highest BCUT2D eigenvalue weighted by Gasteiger charge is 2.17. The number of carbonyl (C=O) groups is 1. The van der Waals surface area contributed by atoms with Gasteiger partial charge >= 0.3 is 0 Å². The molecule has 1 amide bonds. The SMILES string of the molecule is CC(=O)Nc1ccc(-c2ccnc(Nc3ccc(N4CCN(c5ccccc5)CC4)cc3)n2)cc1. The number of nitrogens with zero attached hydrogens (tertiary/aromatic N) is 4. The molecule has 1 aliphatic heterocycles. The van der Waals surface area contributed by atoms with Gasteiger partial charge in [0.15, 0.2) is 0 Å². The van der Waals surface area contributed by atoms with Gasteiger partial charge in [-0.15, -0.1) is 0 Å². The van der Waals surface area contributed by atoms with Crippen molar-refractivity contribution in [2.75, 3.05) is 46.6 Å². The van der Waals surface area contributed by atoms with E-state index in [1.165, 1.54) is 18.3 Å². The van der Waals surface area contributed by atoms with E-state index in [2.05, 4.69) is 85.0 Å². The first-order valence-corrected chi connectivity index (χ1v) is 11.8. The fourth-order valence-corrected chi connectivity index (χ4v) is 4.25. The molecule has 1 fully saturated rings. The van der Waals surface area contributed by atoms with E-state index >= 15 is 0 Å². The quantitative estimate of drug-likeness (QED) is 0.410. The highest BCUT2D eigenvalue weighted by Crippen LogP contribution is 2.24. The number of carbonyl (C=O) groups excluding carboxylic acids is 1. The second-order valence-corrected chi connectivity index (χ2v) is 8.51. The number of hydrogen-bond acceptors (Lipinski definition) is 6. The number of piperazine rings is 1. The van der Waals surface area contributed by atoms with Crippen molar-refractivity contribution in [2.24, 2.45) is 0 Å². The number of rotatable bonds is 6.